The molecule has 5 atom stereocenters. The molecule has 7 rings (SSSR count). The van der Waals surface area contributed by atoms with Crippen LogP contribution in [0.3, 0.4) is 0 Å². The fraction of sp³-hybridized carbons (Fsp3) is 0.567. The van der Waals surface area contributed by atoms with Crippen molar-refractivity contribution in [2.24, 2.45) is 17.3 Å². The van der Waals surface area contributed by atoms with E-state index in [1.165, 1.54) is 22.3 Å². The average Bonchev–Trinajstić information content (AvgIpc) is 3.37. The second-order valence-electron chi connectivity index (χ2n) is 11.6. The number of carbonyl (C=O) groups excluding carboxylic acids is 1. The molecule has 1 aromatic rings. The molecule has 5 aliphatic carbocycles. The summed E-state index contributed by atoms with van der Waals surface area (Å²) in [5.41, 5.74) is 4.24. The van der Waals surface area contributed by atoms with Crippen molar-refractivity contribution in [3.05, 3.63) is 46.6 Å². The maximum absolute atomic E-state index is 12.2. The van der Waals surface area contributed by atoms with Crippen LogP contribution in [0, 0.1) is 29.1 Å². The lowest BCUT2D eigenvalue weighted by atomic mass is 9.51. The molecule has 1 heterocycles. The standard InChI is InChI=1S/C30H32O4/c1-3-11-29(32)12-10-24-22-7-4-18-15-20(31)6-8-21(18)27(22)23(17-28(24,29)2)19-5-9-25-26(16-19)34-30(33-25)13-14-30/h5,9,15-16,22-24,32H,4,6-8,10,12-14,17H2,1-2H3/t22-,23+,24-,28-,29-/m0/s1. The Morgan fingerprint density at radius 1 is 1.06 bits per heavy atom. The Morgan fingerprint density at radius 2 is 1.88 bits per heavy atom. The predicted molar refractivity (Wildman–Crippen MR) is 128 cm³/mol. The summed E-state index contributed by atoms with van der Waals surface area (Å²) in [4.78, 5) is 12.2. The van der Waals surface area contributed by atoms with Crippen molar-refractivity contribution >= 4 is 5.78 Å². The van der Waals surface area contributed by atoms with Gasteiger partial charge in [0.15, 0.2) is 17.3 Å². The van der Waals surface area contributed by atoms with Crippen molar-refractivity contribution in [1.29, 1.82) is 0 Å². The maximum Gasteiger partial charge on any atom is 0.252 e. The van der Waals surface area contributed by atoms with E-state index in [0.717, 1.165) is 62.9 Å². The first-order valence-electron chi connectivity index (χ1n) is 13.0. The Bertz CT molecular complexity index is 1240. The van der Waals surface area contributed by atoms with E-state index < -0.39 is 11.4 Å². The predicted octanol–water partition coefficient (Wildman–Crippen LogP) is 5.60. The van der Waals surface area contributed by atoms with Crippen molar-refractivity contribution in [2.75, 3.05) is 0 Å². The van der Waals surface area contributed by atoms with E-state index in [2.05, 4.69) is 37.0 Å². The molecule has 0 radical (unpaired) electrons. The summed E-state index contributed by atoms with van der Waals surface area (Å²) in [7, 11) is 0. The molecule has 0 bridgehead atoms. The highest BCUT2D eigenvalue weighted by molar-refractivity contribution is 5.93. The SMILES string of the molecule is CC#C[C@]1(O)CC[C@H]2[C@@H]3CCC4=CC(=O)CCC4=C3[C@@H](c3ccc4c(c3)OC3(CC3)O4)C[C@@]21C. The van der Waals surface area contributed by atoms with Gasteiger partial charge in [-0.1, -0.05) is 24.5 Å². The summed E-state index contributed by atoms with van der Waals surface area (Å²) >= 11 is 0. The summed E-state index contributed by atoms with van der Waals surface area (Å²) in [5, 5.41) is 11.8. The zero-order valence-electron chi connectivity index (χ0n) is 20.1. The van der Waals surface area contributed by atoms with E-state index >= 15 is 0 Å². The van der Waals surface area contributed by atoms with Crippen molar-refractivity contribution in [1.82, 2.24) is 0 Å². The molecule has 3 fully saturated rings. The van der Waals surface area contributed by atoms with E-state index in [1.54, 1.807) is 0 Å². The number of ketones is 1. The fourth-order valence-corrected chi connectivity index (χ4v) is 8.01. The fourth-order valence-electron chi connectivity index (χ4n) is 8.01. The van der Waals surface area contributed by atoms with Gasteiger partial charge in [-0.05, 0) is 92.2 Å². The molecule has 34 heavy (non-hydrogen) atoms. The number of carbonyl (C=O) groups is 1. The van der Waals surface area contributed by atoms with Crippen LogP contribution in [0.1, 0.15) is 83.1 Å². The van der Waals surface area contributed by atoms with Crippen molar-refractivity contribution in [2.45, 2.75) is 88.9 Å². The summed E-state index contributed by atoms with van der Waals surface area (Å²) in [6, 6.07) is 6.46. The molecule has 3 saturated carbocycles. The molecule has 1 N–H and O–H groups in total. The van der Waals surface area contributed by atoms with Gasteiger partial charge in [-0.2, -0.15) is 0 Å². The first-order chi connectivity index (χ1) is 16.3. The molecule has 4 heteroatoms. The molecular formula is C30H32O4. The maximum atomic E-state index is 12.2. The van der Waals surface area contributed by atoms with E-state index in [9.17, 15) is 9.90 Å². The van der Waals surface area contributed by atoms with Crippen LogP contribution in [0.25, 0.3) is 0 Å². The zero-order chi connectivity index (χ0) is 23.3. The second-order valence-corrected chi connectivity index (χ2v) is 11.6. The van der Waals surface area contributed by atoms with Gasteiger partial charge in [0.25, 0.3) is 5.79 Å². The Labute approximate surface area is 201 Å². The molecule has 176 valence electrons. The normalized spacial score (nSPS) is 38.5. The second kappa shape index (κ2) is 6.79. The van der Waals surface area contributed by atoms with Crippen LogP contribution >= 0.6 is 0 Å². The number of allylic oxidation sites excluding steroid dienone is 4. The number of benzene rings is 1. The van der Waals surface area contributed by atoms with Crippen molar-refractivity contribution < 1.29 is 19.4 Å². The van der Waals surface area contributed by atoms with Crippen LogP contribution in [-0.4, -0.2) is 22.3 Å². The van der Waals surface area contributed by atoms with E-state index in [0.29, 0.717) is 18.3 Å². The van der Waals surface area contributed by atoms with Crippen LogP contribution in [-0.2, 0) is 4.79 Å². The third-order valence-corrected chi connectivity index (χ3v) is 9.84. The highest BCUT2D eigenvalue weighted by atomic mass is 16.7. The first-order valence-corrected chi connectivity index (χ1v) is 13.0. The highest BCUT2D eigenvalue weighted by Crippen LogP contribution is 2.67. The van der Waals surface area contributed by atoms with Crippen LogP contribution < -0.4 is 9.47 Å². The number of rotatable bonds is 1. The summed E-state index contributed by atoms with van der Waals surface area (Å²) in [5.74, 6) is 8.86. The van der Waals surface area contributed by atoms with Crippen LogP contribution in [0.5, 0.6) is 11.5 Å². The van der Waals surface area contributed by atoms with Gasteiger partial charge in [0.05, 0.1) is 0 Å². The molecule has 0 unspecified atom stereocenters. The van der Waals surface area contributed by atoms with Crippen molar-refractivity contribution in [3.63, 3.8) is 0 Å². The Kier molecular flexibility index (Phi) is 4.16. The van der Waals surface area contributed by atoms with Gasteiger partial charge in [0, 0.05) is 30.6 Å². The Balaban J connectivity index is 1.39. The lowest BCUT2D eigenvalue weighted by Crippen LogP contribution is -2.51. The van der Waals surface area contributed by atoms with E-state index in [-0.39, 0.29) is 17.1 Å². The number of hydrogen-bond donors (Lipinski definition) is 1. The Hall–Kier alpha value is -2.51. The molecule has 0 saturated heterocycles. The summed E-state index contributed by atoms with van der Waals surface area (Å²) in [6.07, 6.45) is 9.91. The molecule has 1 aromatic carbocycles. The van der Waals surface area contributed by atoms with Gasteiger partial charge in [-0.3, -0.25) is 4.79 Å². The zero-order valence-corrected chi connectivity index (χ0v) is 20.1. The number of fused-ring (bicyclic) bond motifs is 5. The first kappa shape index (κ1) is 20.8. The van der Waals surface area contributed by atoms with Crippen LogP contribution in [0.15, 0.2) is 41.0 Å². The number of hydrogen-bond acceptors (Lipinski definition) is 4. The largest absolute Gasteiger partial charge is 0.448 e. The lowest BCUT2D eigenvalue weighted by molar-refractivity contribution is -0.114. The van der Waals surface area contributed by atoms with Gasteiger partial charge in [-0.25, -0.2) is 0 Å². The van der Waals surface area contributed by atoms with E-state index in [4.69, 9.17) is 9.47 Å². The third-order valence-electron chi connectivity index (χ3n) is 9.84. The quantitative estimate of drug-likeness (QED) is 0.559. The van der Waals surface area contributed by atoms with Gasteiger partial charge in [0.2, 0.25) is 0 Å². The van der Waals surface area contributed by atoms with Gasteiger partial charge in [0.1, 0.15) is 5.60 Å². The Morgan fingerprint density at radius 3 is 2.68 bits per heavy atom. The molecule has 1 spiro atoms. The topological polar surface area (TPSA) is 55.8 Å². The highest BCUT2D eigenvalue weighted by Gasteiger charge is 2.62. The lowest BCUT2D eigenvalue weighted by Gasteiger charge is -2.53. The van der Waals surface area contributed by atoms with Crippen molar-refractivity contribution in [3.8, 4) is 23.3 Å². The van der Waals surface area contributed by atoms with Gasteiger partial charge >= 0.3 is 0 Å². The molecule has 6 aliphatic rings. The summed E-state index contributed by atoms with van der Waals surface area (Å²) < 4.78 is 12.3. The minimum Gasteiger partial charge on any atom is -0.448 e. The minimum atomic E-state index is -0.950. The molecule has 0 aromatic heterocycles. The third kappa shape index (κ3) is 2.74. The average molecular weight is 457 g/mol. The molecule has 4 nitrogen and oxygen atoms in total. The molecular weight excluding hydrogens is 424 g/mol. The minimum absolute atomic E-state index is 0.186. The molecule has 0 amide bonds. The molecule has 1 aliphatic heterocycles. The van der Waals surface area contributed by atoms with Gasteiger partial charge in [-0.15, -0.1) is 5.92 Å². The number of aliphatic hydroxyl groups is 1. The van der Waals surface area contributed by atoms with E-state index in [1.807, 2.05) is 13.0 Å². The smallest absolute Gasteiger partial charge is 0.252 e. The van der Waals surface area contributed by atoms with Gasteiger partial charge < -0.3 is 14.6 Å². The van der Waals surface area contributed by atoms with Crippen LogP contribution in [0.2, 0.25) is 0 Å². The van der Waals surface area contributed by atoms with Crippen LogP contribution in [0.4, 0.5) is 0 Å². The monoisotopic (exact) mass is 456 g/mol. The summed E-state index contributed by atoms with van der Waals surface area (Å²) in [6.45, 7) is 4.12. The number of ether oxygens (including phenoxy) is 2.